The highest BCUT2D eigenvalue weighted by atomic mass is 16.5. The summed E-state index contributed by atoms with van der Waals surface area (Å²) in [4.78, 5) is 14.0. The van der Waals surface area contributed by atoms with E-state index in [-0.39, 0.29) is 12.1 Å². The lowest BCUT2D eigenvalue weighted by Crippen LogP contribution is -2.39. The molecule has 1 atom stereocenters. The molecule has 8 heteroatoms. The first-order valence-corrected chi connectivity index (χ1v) is 9.30. The van der Waals surface area contributed by atoms with Crippen LogP contribution in [-0.4, -0.2) is 59.3 Å². The molecular formula is C19H27N5O3. The number of methoxy groups -OCH3 is 1. The van der Waals surface area contributed by atoms with E-state index in [0.717, 1.165) is 30.6 Å². The number of hydrogen-bond donors (Lipinski definition) is 1. The maximum Gasteiger partial charge on any atom is 0.317 e. The first-order chi connectivity index (χ1) is 13.3. The number of carbonyl (C=O) groups is 1. The summed E-state index contributed by atoms with van der Waals surface area (Å²) in [5.74, 6) is 0. The Morgan fingerprint density at radius 1 is 1.30 bits per heavy atom. The molecule has 1 aliphatic heterocycles. The van der Waals surface area contributed by atoms with Crippen LogP contribution >= 0.6 is 0 Å². The molecule has 8 nitrogen and oxygen atoms in total. The van der Waals surface area contributed by atoms with Crippen LogP contribution in [0.15, 0.2) is 36.5 Å². The minimum atomic E-state index is -0.0277. The van der Waals surface area contributed by atoms with Crippen LogP contribution in [-0.2, 0) is 22.7 Å². The number of urea groups is 1. The third-order valence-corrected chi connectivity index (χ3v) is 4.55. The second-order valence-electron chi connectivity index (χ2n) is 6.64. The molecule has 0 bridgehead atoms. The predicted octanol–water partition coefficient (Wildman–Crippen LogP) is 1.99. The summed E-state index contributed by atoms with van der Waals surface area (Å²) in [6, 6.07) is 10.2. The molecule has 1 fully saturated rings. The van der Waals surface area contributed by atoms with Crippen LogP contribution in [0.25, 0.3) is 0 Å². The third-order valence-electron chi connectivity index (χ3n) is 4.55. The van der Waals surface area contributed by atoms with Crippen molar-refractivity contribution >= 4 is 6.03 Å². The molecular weight excluding hydrogens is 346 g/mol. The fraction of sp³-hybridized carbons (Fsp3) is 0.526. The van der Waals surface area contributed by atoms with E-state index in [0.29, 0.717) is 32.9 Å². The average Bonchev–Trinajstić information content (AvgIpc) is 3.35. The molecule has 1 aromatic heterocycles. The van der Waals surface area contributed by atoms with Gasteiger partial charge in [0.05, 0.1) is 25.5 Å². The summed E-state index contributed by atoms with van der Waals surface area (Å²) < 4.78 is 12.5. The van der Waals surface area contributed by atoms with Crippen LogP contribution < -0.4 is 5.32 Å². The van der Waals surface area contributed by atoms with Gasteiger partial charge in [-0.05, 0) is 18.4 Å². The lowest BCUT2D eigenvalue weighted by atomic mass is 10.2. The van der Waals surface area contributed by atoms with Crippen molar-refractivity contribution in [1.29, 1.82) is 0 Å². The largest absolute Gasteiger partial charge is 0.385 e. The number of ether oxygens (including phenoxy) is 2. The van der Waals surface area contributed by atoms with E-state index in [1.165, 1.54) is 0 Å². The average molecular weight is 373 g/mol. The van der Waals surface area contributed by atoms with E-state index in [2.05, 4.69) is 15.6 Å². The molecule has 0 radical (unpaired) electrons. The molecule has 3 rings (SSSR count). The monoisotopic (exact) mass is 373 g/mol. The Morgan fingerprint density at radius 2 is 2.15 bits per heavy atom. The molecule has 2 heterocycles. The first kappa shape index (κ1) is 19.3. The number of carbonyl (C=O) groups excluding carboxylic acids is 1. The number of hydrogen-bond acceptors (Lipinski definition) is 5. The van der Waals surface area contributed by atoms with Crippen molar-refractivity contribution in [3.63, 3.8) is 0 Å². The van der Waals surface area contributed by atoms with E-state index in [4.69, 9.17) is 9.47 Å². The number of amides is 2. The Kier molecular flexibility index (Phi) is 7.18. The molecule has 0 aliphatic carbocycles. The van der Waals surface area contributed by atoms with Gasteiger partial charge in [-0.3, -0.25) is 0 Å². The van der Waals surface area contributed by atoms with Crippen molar-refractivity contribution in [2.24, 2.45) is 0 Å². The summed E-state index contributed by atoms with van der Waals surface area (Å²) in [6.45, 7) is 3.61. The maximum atomic E-state index is 12.2. The highest BCUT2D eigenvalue weighted by Crippen LogP contribution is 2.21. The zero-order valence-corrected chi connectivity index (χ0v) is 15.7. The SMILES string of the molecule is COCCCNC(=O)N1CCC(n2cc(COCc3ccccc3)nn2)C1. The Hall–Kier alpha value is -2.45. The molecule has 27 heavy (non-hydrogen) atoms. The van der Waals surface area contributed by atoms with Crippen molar-refractivity contribution in [3.05, 3.63) is 47.8 Å². The number of nitrogens with zero attached hydrogens (tertiary/aromatic N) is 4. The molecule has 2 aromatic rings. The molecule has 1 aliphatic rings. The number of rotatable bonds is 9. The highest BCUT2D eigenvalue weighted by Gasteiger charge is 2.28. The molecule has 2 amide bonds. The standard InChI is InChI=1S/C19H27N5O3/c1-26-11-5-9-20-19(25)23-10-8-18(13-23)24-12-17(21-22-24)15-27-14-16-6-3-2-4-7-16/h2-4,6-7,12,18H,5,8-11,13-15H2,1H3,(H,20,25). The van der Waals surface area contributed by atoms with Gasteiger partial charge in [-0.1, -0.05) is 35.5 Å². The second-order valence-corrected chi connectivity index (χ2v) is 6.64. The molecule has 1 aromatic carbocycles. The van der Waals surface area contributed by atoms with Crippen molar-refractivity contribution < 1.29 is 14.3 Å². The minimum Gasteiger partial charge on any atom is -0.385 e. The summed E-state index contributed by atoms with van der Waals surface area (Å²) in [5, 5.41) is 11.3. The van der Waals surface area contributed by atoms with Crippen molar-refractivity contribution in [1.82, 2.24) is 25.2 Å². The minimum absolute atomic E-state index is 0.0277. The van der Waals surface area contributed by atoms with Crippen LogP contribution in [0.1, 0.15) is 30.1 Å². The van der Waals surface area contributed by atoms with Gasteiger partial charge in [0.25, 0.3) is 0 Å². The fourth-order valence-corrected chi connectivity index (χ4v) is 3.07. The zero-order valence-electron chi connectivity index (χ0n) is 15.7. The van der Waals surface area contributed by atoms with Gasteiger partial charge in [-0.2, -0.15) is 0 Å². The van der Waals surface area contributed by atoms with E-state index >= 15 is 0 Å². The van der Waals surface area contributed by atoms with Gasteiger partial charge in [0, 0.05) is 33.4 Å². The fourth-order valence-electron chi connectivity index (χ4n) is 3.07. The van der Waals surface area contributed by atoms with Crippen LogP contribution in [0.2, 0.25) is 0 Å². The topological polar surface area (TPSA) is 81.5 Å². The first-order valence-electron chi connectivity index (χ1n) is 9.30. The maximum absolute atomic E-state index is 12.2. The van der Waals surface area contributed by atoms with Crippen molar-refractivity contribution in [2.75, 3.05) is 33.4 Å². The number of benzene rings is 1. The van der Waals surface area contributed by atoms with Gasteiger partial charge in [0.15, 0.2) is 0 Å². The Morgan fingerprint density at radius 3 is 2.96 bits per heavy atom. The van der Waals surface area contributed by atoms with E-state index in [1.807, 2.05) is 46.1 Å². The summed E-state index contributed by atoms with van der Waals surface area (Å²) in [7, 11) is 1.66. The van der Waals surface area contributed by atoms with Crippen LogP contribution in [0.3, 0.4) is 0 Å². The van der Waals surface area contributed by atoms with Crippen LogP contribution in [0.4, 0.5) is 4.79 Å². The van der Waals surface area contributed by atoms with Gasteiger partial charge in [0.1, 0.15) is 5.69 Å². The summed E-state index contributed by atoms with van der Waals surface area (Å²) in [5.41, 5.74) is 1.93. The second kappa shape index (κ2) is 10.0. The van der Waals surface area contributed by atoms with Crippen LogP contribution in [0, 0.1) is 0 Å². The Bertz CT molecular complexity index is 706. The lowest BCUT2D eigenvalue weighted by Gasteiger charge is -2.17. The van der Waals surface area contributed by atoms with E-state index in [1.54, 1.807) is 7.11 Å². The predicted molar refractivity (Wildman–Crippen MR) is 100 cm³/mol. The number of nitrogens with one attached hydrogen (secondary N) is 1. The Labute approximate surface area is 159 Å². The summed E-state index contributed by atoms with van der Waals surface area (Å²) >= 11 is 0. The van der Waals surface area contributed by atoms with Crippen molar-refractivity contribution in [2.45, 2.75) is 32.1 Å². The van der Waals surface area contributed by atoms with Crippen LogP contribution in [0.5, 0.6) is 0 Å². The lowest BCUT2D eigenvalue weighted by molar-refractivity contribution is 0.104. The summed E-state index contributed by atoms with van der Waals surface area (Å²) in [6.07, 6.45) is 3.60. The smallest absolute Gasteiger partial charge is 0.317 e. The molecule has 0 spiro atoms. The molecule has 1 saturated heterocycles. The third kappa shape index (κ3) is 5.77. The van der Waals surface area contributed by atoms with E-state index < -0.39 is 0 Å². The van der Waals surface area contributed by atoms with Crippen molar-refractivity contribution in [3.8, 4) is 0 Å². The number of aromatic nitrogens is 3. The van der Waals surface area contributed by atoms with E-state index in [9.17, 15) is 4.79 Å². The molecule has 1 unspecified atom stereocenters. The molecule has 0 saturated carbocycles. The van der Waals surface area contributed by atoms with Gasteiger partial charge in [-0.25, -0.2) is 9.48 Å². The van der Waals surface area contributed by atoms with Gasteiger partial charge in [0.2, 0.25) is 0 Å². The molecule has 1 N–H and O–H groups in total. The van der Waals surface area contributed by atoms with Gasteiger partial charge in [-0.15, -0.1) is 5.10 Å². The Balaban J connectivity index is 1.41. The normalized spacial score (nSPS) is 16.6. The quantitative estimate of drug-likeness (QED) is 0.680. The van der Waals surface area contributed by atoms with Gasteiger partial charge < -0.3 is 19.7 Å². The zero-order chi connectivity index (χ0) is 18.9. The molecule has 146 valence electrons. The van der Waals surface area contributed by atoms with Gasteiger partial charge >= 0.3 is 6.03 Å². The number of likely N-dealkylation sites (tertiary alicyclic amines) is 1. The highest BCUT2D eigenvalue weighted by molar-refractivity contribution is 5.74.